The topological polar surface area (TPSA) is 82.1 Å². The Labute approximate surface area is 281 Å². The summed E-state index contributed by atoms with van der Waals surface area (Å²) in [5.41, 5.74) is -2.53. The lowest BCUT2D eigenvalue weighted by molar-refractivity contribution is -0.206. The van der Waals surface area contributed by atoms with Gasteiger partial charge in [0, 0.05) is 19.1 Å². The van der Waals surface area contributed by atoms with Gasteiger partial charge in [0.15, 0.2) is 11.5 Å². The second kappa shape index (κ2) is 19.4. The Morgan fingerprint density at radius 2 is 1.52 bits per heavy atom. The fraction of sp³-hybridized carbons (Fsp3) is 0.526. The number of hydrogen-bond acceptors (Lipinski definition) is 5. The zero-order valence-corrected chi connectivity index (χ0v) is 27.9. The fourth-order valence-corrected chi connectivity index (χ4v) is 5.76. The number of carboxylic acid groups (broad SMARTS) is 1. The maximum absolute atomic E-state index is 16.0. The first-order valence-corrected chi connectivity index (χ1v) is 17.0. The van der Waals surface area contributed by atoms with Gasteiger partial charge in [0.05, 0.1) is 12.2 Å². The predicted octanol–water partition coefficient (Wildman–Crippen LogP) is 10.0. The van der Waals surface area contributed by atoms with E-state index >= 15 is 4.39 Å². The number of allylic oxidation sites excluding steroid dienone is 2. The first-order chi connectivity index (χ1) is 23.0. The van der Waals surface area contributed by atoms with Crippen LogP contribution >= 0.6 is 0 Å². The minimum Gasteiger partial charge on any atom is -0.494 e. The number of carbonyl (C=O) groups is 2. The summed E-state index contributed by atoms with van der Waals surface area (Å²) in [6.07, 6.45) is 5.44. The molecule has 10 heteroatoms. The van der Waals surface area contributed by atoms with Crippen molar-refractivity contribution in [3.05, 3.63) is 89.3 Å². The van der Waals surface area contributed by atoms with Crippen molar-refractivity contribution < 1.29 is 46.5 Å². The van der Waals surface area contributed by atoms with Gasteiger partial charge in [0.25, 0.3) is 0 Å². The summed E-state index contributed by atoms with van der Waals surface area (Å²) < 4.78 is 73.5. The molecule has 0 amide bonds. The van der Waals surface area contributed by atoms with Crippen LogP contribution in [-0.2, 0) is 19.7 Å². The molecule has 264 valence electrons. The van der Waals surface area contributed by atoms with E-state index in [1.54, 1.807) is 24.3 Å². The van der Waals surface area contributed by atoms with Gasteiger partial charge in [0.2, 0.25) is 0 Å². The van der Waals surface area contributed by atoms with Crippen LogP contribution in [0, 0.1) is 0 Å². The third-order valence-corrected chi connectivity index (χ3v) is 8.52. The SMILES string of the molecule is CCCCCCCCCOc1ccc(C2C=CC(C(=O)O)(c3ccccc3C(=O)OC(CCCCCOCC)C(F)(F)F)C(F)=C2)cc1. The van der Waals surface area contributed by atoms with Gasteiger partial charge in [-0.25, -0.2) is 9.18 Å². The van der Waals surface area contributed by atoms with Crippen molar-refractivity contribution in [2.24, 2.45) is 0 Å². The molecule has 0 aliphatic heterocycles. The number of benzene rings is 2. The first-order valence-electron chi connectivity index (χ1n) is 17.0. The van der Waals surface area contributed by atoms with Gasteiger partial charge in [-0.15, -0.1) is 0 Å². The van der Waals surface area contributed by atoms with E-state index in [0.29, 0.717) is 44.0 Å². The first kappa shape index (κ1) is 38.8. The van der Waals surface area contributed by atoms with Crippen molar-refractivity contribution in [2.75, 3.05) is 19.8 Å². The van der Waals surface area contributed by atoms with Gasteiger partial charge in [-0.1, -0.05) is 94.4 Å². The summed E-state index contributed by atoms with van der Waals surface area (Å²) >= 11 is 0. The monoisotopic (exact) mass is 676 g/mol. The number of alkyl halides is 3. The Hall–Kier alpha value is -3.66. The van der Waals surface area contributed by atoms with E-state index in [-0.39, 0.29) is 12.0 Å². The molecule has 48 heavy (non-hydrogen) atoms. The maximum Gasteiger partial charge on any atom is 0.425 e. The number of aliphatic carboxylic acids is 1. The van der Waals surface area contributed by atoms with Crippen LogP contribution in [0.5, 0.6) is 5.75 Å². The van der Waals surface area contributed by atoms with E-state index in [0.717, 1.165) is 31.1 Å². The van der Waals surface area contributed by atoms with Gasteiger partial charge in [0.1, 0.15) is 11.6 Å². The zero-order chi connectivity index (χ0) is 35.0. The van der Waals surface area contributed by atoms with E-state index in [9.17, 15) is 27.9 Å². The highest BCUT2D eigenvalue weighted by atomic mass is 19.4. The summed E-state index contributed by atoms with van der Waals surface area (Å²) in [5, 5.41) is 10.3. The Morgan fingerprint density at radius 1 is 0.875 bits per heavy atom. The van der Waals surface area contributed by atoms with Crippen LogP contribution in [0.15, 0.2) is 72.6 Å². The molecule has 0 radical (unpaired) electrons. The van der Waals surface area contributed by atoms with E-state index < -0.39 is 53.4 Å². The largest absolute Gasteiger partial charge is 0.494 e. The number of halogens is 4. The lowest BCUT2D eigenvalue weighted by Crippen LogP contribution is -2.39. The smallest absolute Gasteiger partial charge is 0.425 e. The van der Waals surface area contributed by atoms with Crippen molar-refractivity contribution in [2.45, 2.75) is 108 Å². The van der Waals surface area contributed by atoms with Crippen molar-refractivity contribution in [1.29, 1.82) is 0 Å². The van der Waals surface area contributed by atoms with Gasteiger partial charge >= 0.3 is 18.1 Å². The zero-order valence-electron chi connectivity index (χ0n) is 27.9. The molecule has 0 saturated carbocycles. The molecular weight excluding hydrogens is 628 g/mol. The summed E-state index contributed by atoms with van der Waals surface area (Å²) in [5.74, 6) is -4.01. The predicted molar refractivity (Wildman–Crippen MR) is 177 cm³/mol. The number of rotatable bonds is 21. The van der Waals surface area contributed by atoms with Crippen LogP contribution in [0.25, 0.3) is 0 Å². The van der Waals surface area contributed by atoms with E-state index in [4.69, 9.17) is 14.2 Å². The van der Waals surface area contributed by atoms with Crippen molar-refractivity contribution in [1.82, 2.24) is 0 Å². The van der Waals surface area contributed by atoms with Crippen LogP contribution in [0.4, 0.5) is 17.6 Å². The Bertz CT molecular complexity index is 1350. The molecule has 0 spiro atoms. The number of esters is 1. The summed E-state index contributed by atoms with van der Waals surface area (Å²) in [7, 11) is 0. The molecule has 2 aromatic carbocycles. The molecule has 1 N–H and O–H groups in total. The summed E-state index contributed by atoms with van der Waals surface area (Å²) in [4.78, 5) is 25.9. The third-order valence-electron chi connectivity index (χ3n) is 8.52. The molecule has 0 bridgehead atoms. The molecule has 1 aliphatic rings. The number of carboxylic acids is 1. The van der Waals surface area contributed by atoms with Crippen molar-refractivity contribution in [3.63, 3.8) is 0 Å². The number of unbranched alkanes of at least 4 members (excludes halogenated alkanes) is 8. The molecule has 2 aromatic rings. The minimum absolute atomic E-state index is 0.138. The van der Waals surface area contributed by atoms with Crippen molar-refractivity contribution in [3.8, 4) is 5.75 Å². The average Bonchev–Trinajstić information content (AvgIpc) is 3.06. The van der Waals surface area contributed by atoms with Gasteiger partial charge in [-0.3, -0.25) is 4.79 Å². The molecular formula is C38H48F4O6. The quantitative estimate of drug-likeness (QED) is 0.0614. The summed E-state index contributed by atoms with van der Waals surface area (Å²) in [6.45, 7) is 5.53. The van der Waals surface area contributed by atoms with Crippen LogP contribution in [0.1, 0.15) is 112 Å². The molecule has 0 aromatic heterocycles. The Balaban J connectivity index is 1.71. The maximum atomic E-state index is 16.0. The van der Waals surface area contributed by atoms with Crippen LogP contribution in [-0.4, -0.2) is 49.1 Å². The third kappa shape index (κ3) is 10.9. The normalized spacial score (nSPS) is 18.3. The molecule has 1 aliphatic carbocycles. The van der Waals surface area contributed by atoms with Crippen LogP contribution in [0.3, 0.4) is 0 Å². The van der Waals surface area contributed by atoms with Crippen molar-refractivity contribution >= 4 is 11.9 Å². The molecule has 6 nitrogen and oxygen atoms in total. The second-order valence-electron chi connectivity index (χ2n) is 12.1. The number of carbonyl (C=O) groups excluding carboxylic acids is 1. The Morgan fingerprint density at radius 3 is 2.17 bits per heavy atom. The molecule has 3 unspecified atom stereocenters. The lowest BCUT2D eigenvalue weighted by Gasteiger charge is -2.31. The molecule has 0 saturated heterocycles. The Kier molecular flexibility index (Phi) is 15.6. The number of ether oxygens (including phenoxy) is 3. The van der Waals surface area contributed by atoms with Gasteiger partial charge in [-0.05, 0) is 68.0 Å². The van der Waals surface area contributed by atoms with Gasteiger partial charge in [-0.2, -0.15) is 13.2 Å². The standard InChI is InChI=1S/C38H48F4O6/c1-3-5-6-7-8-9-15-26-47-30-21-19-28(20-22-30)29-23-24-37(36(44)45,33(39)27-29)32-17-13-12-16-31(32)35(43)48-34(38(40,41)42)18-11-10-14-25-46-4-2/h12-13,16-17,19-24,27,29,34H,3-11,14-15,18,25-26H2,1-2H3,(H,44,45). The highest BCUT2D eigenvalue weighted by Crippen LogP contribution is 2.43. The van der Waals surface area contributed by atoms with E-state index in [1.165, 1.54) is 56.4 Å². The van der Waals surface area contributed by atoms with Crippen LogP contribution in [0.2, 0.25) is 0 Å². The molecule has 0 heterocycles. The average molecular weight is 677 g/mol. The highest BCUT2D eigenvalue weighted by molar-refractivity contribution is 5.97. The van der Waals surface area contributed by atoms with E-state index in [2.05, 4.69) is 6.92 Å². The minimum atomic E-state index is -4.84. The van der Waals surface area contributed by atoms with E-state index in [1.807, 2.05) is 6.92 Å². The second-order valence-corrected chi connectivity index (χ2v) is 12.1. The summed E-state index contributed by atoms with van der Waals surface area (Å²) in [6, 6.07) is 12.2. The fourth-order valence-electron chi connectivity index (χ4n) is 5.76. The lowest BCUT2D eigenvalue weighted by atomic mass is 9.72. The highest BCUT2D eigenvalue weighted by Gasteiger charge is 2.48. The number of hydrogen-bond donors (Lipinski definition) is 1. The van der Waals surface area contributed by atoms with Crippen LogP contribution < -0.4 is 4.74 Å². The molecule has 0 fully saturated rings. The van der Waals surface area contributed by atoms with Gasteiger partial charge < -0.3 is 19.3 Å². The molecule has 3 atom stereocenters. The molecule has 3 rings (SSSR count).